The third kappa shape index (κ3) is 4.87. The van der Waals surface area contributed by atoms with Crippen molar-refractivity contribution in [1.82, 2.24) is 24.7 Å². The quantitative estimate of drug-likeness (QED) is 0.587. The lowest BCUT2D eigenvalue weighted by molar-refractivity contribution is -0.113. The number of likely N-dealkylation sites (N-methyl/N-ethyl adjacent to an activating group) is 1. The summed E-state index contributed by atoms with van der Waals surface area (Å²) in [5, 5.41) is 10.5. The SMILES string of the molecule is C[C@@H]1C[C@@H](O)c2ncnc(N3CCN(C(C(C=O)c4ccc(Cl)c(F)c4)N4CCN(C)CC4)CC3)c21. The minimum Gasteiger partial charge on any atom is -0.387 e. The van der Waals surface area contributed by atoms with Crippen molar-refractivity contribution in [2.75, 3.05) is 64.3 Å². The van der Waals surface area contributed by atoms with Gasteiger partial charge >= 0.3 is 0 Å². The average molecular weight is 517 g/mol. The third-order valence-electron chi connectivity index (χ3n) is 7.98. The molecule has 2 unspecified atom stereocenters. The number of carbonyl (C=O) groups is 1. The van der Waals surface area contributed by atoms with E-state index in [-0.39, 0.29) is 17.1 Å². The van der Waals surface area contributed by atoms with Crippen molar-refractivity contribution in [3.63, 3.8) is 0 Å². The van der Waals surface area contributed by atoms with Crippen molar-refractivity contribution in [2.45, 2.75) is 37.5 Å². The predicted molar refractivity (Wildman–Crippen MR) is 137 cm³/mol. The number of hydrogen-bond donors (Lipinski definition) is 1. The highest BCUT2D eigenvalue weighted by atomic mass is 35.5. The lowest BCUT2D eigenvalue weighted by Gasteiger charge is -2.48. The van der Waals surface area contributed by atoms with Crippen LogP contribution in [0.25, 0.3) is 0 Å². The molecule has 5 rings (SSSR count). The van der Waals surface area contributed by atoms with Crippen molar-refractivity contribution >= 4 is 23.7 Å². The molecule has 1 aromatic carbocycles. The molecule has 2 fully saturated rings. The van der Waals surface area contributed by atoms with Crippen LogP contribution in [0.1, 0.15) is 48.1 Å². The number of carbonyl (C=O) groups excluding carboxylic acids is 1. The number of anilines is 1. The maximum atomic E-state index is 14.4. The summed E-state index contributed by atoms with van der Waals surface area (Å²) < 4.78 is 14.4. The van der Waals surface area contributed by atoms with Crippen molar-refractivity contribution in [3.05, 3.63) is 52.2 Å². The molecule has 0 bridgehead atoms. The Kier molecular flexibility index (Phi) is 7.55. The molecule has 1 aliphatic carbocycles. The van der Waals surface area contributed by atoms with Gasteiger partial charge in [-0.3, -0.25) is 9.80 Å². The van der Waals surface area contributed by atoms with Crippen LogP contribution >= 0.6 is 11.6 Å². The third-order valence-corrected chi connectivity index (χ3v) is 8.28. The van der Waals surface area contributed by atoms with Crippen LogP contribution in [-0.2, 0) is 4.79 Å². The molecule has 3 heterocycles. The summed E-state index contributed by atoms with van der Waals surface area (Å²) in [5.41, 5.74) is 2.45. The number of rotatable bonds is 6. The number of piperazine rings is 2. The number of aliphatic hydroxyl groups excluding tert-OH is 1. The first kappa shape index (κ1) is 25.5. The van der Waals surface area contributed by atoms with Gasteiger partial charge < -0.3 is 19.7 Å². The van der Waals surface area contributed by atoms with E-state index in [9.17, 15) is 14.3 Å². The van der Waals surface area contributed by atoms with E-state index in [2.05, 4.69) is 43.5 Å². The number of halogens is 2. The summed E-state index contributed by atoms with van der Waals surface area (Å²) in [7, 11) is 2.11. The van der Waals surface area contributed by atoms with Gasteiger partial charge in [0.15, 0.2) is 0 Å². The summed E-state index contributed by atoms with van der Waals surface area (Å²) in [6.07, 6.45) is 2.47. The Morgan fingerprint density at radius 1 is 1.08 bits per heavy atom. The molecule has 0 amide bonds. The van der Waals surface area contributed by atoms with Gasteiger partial charge in [-0.1, -0.05) is 24.6 Å². The minimum atomic E-state index is -0.534. The van der Waals surface area contributed by atoms with Crippen LogP contribution in [0, 0.1) is 5.82 Å². The molecular formula is C26H34ClFN6O2. The van der Waals surface area contributed by atoms with E-state index in [0.717, 1.165) is 75.7 Å². The summed E-state index contributed by atoms with van der Waals surface area (Å²) >= 11 is 5.93. The zero-order valence-corrected chi connectivity index (χ0v) is 21.6. The second-order valence-electron chi connectivity index (χ2n) is 10.3. The number of aldehydes is 1. The van der Waals surface area contributed by atoms with Gasteiger partial charge in [0.1, 0.15) is 24.2 Å². The van der Waals surface area contributed by atoms with Gasteiger partial charge in [-0.15, -0.1) is 0 Å². The molecule has 194 valence electrons. The van der Waals surface area contributed by atoms with E-state index in [1.807, 2.05) is 0 Å². The number of nitrogens with zero attached hydrogens (tertiary/aromatic N) is 6. The molecule has 3 aliphatic rings. The molecule has 2 aromatic rings. The van der Waals surface area contributed by atoms with Gasteiger partial charge in [0, 0.05) is 57.9 Å². The van der Waals surface area contributed by atoms with Gasteiger partial charge in [-0.2, -0.15) is 0 Å². The molecule has 10 heteroatoms. The summed E-state index contributed by atoms with van der Waals surface area (Å²) in [5.74, 6) is 0.121. The summed E-state index contributed by atoms with van der Waals surface area (Å²) in [6.45, 7) is 8.62. The highest BCUT2D eigenvalue weighted by Crippen LogP contribution is 2.43. The summed E-state index contributed by atoms with van der Waals surface area (Å²) in [4.78, 5) is 30.7. The van der Waals surface area contributed by atoms with Crippen LogP contribution in [0.4, 0.5) is 10.2 Å². The Bertz CT molecular complexity index is 1090. The van der Waals surface area contributed by atoms with Crippen LogP contribution in [0.5, 0.6) is 0 Å². The summed E-state index contributed by atoms with van der Waals surface area (Å²) in [6, 6.07) is 4.70. The fourth-order valence-corrected chi connectivity index (χ4v) is 6.08. The Morgan fingerprint density at radius 2 is 1.75 bits per heavy atom. The Morgan fingerprint density at radius 3 is 2.39 bits per heavy atom. The minimum absolute atomic E-state index is 0.0601. The standard InChI is InChI=1S/C26H34ClFN6O2/c1-17-13-22(36)24-23(17)25(30-16-29-24)32-9-11-34(12-10-32)26(33-7-5-31(2)6-8-33)19(15-35)18-3-4-20(27)21(28)14-18/h3-4,14-17,19,22,26,36H,5-13H2,1-2H3/t17-,19?,22-,26?/m1/s1. The van der Waals surface area contributed by atoms with Crippen LogP contribution in [0.15, 0.2) is 24.5 Å². The first-order valence-electron chi connectivity index (χ1n) is 12.7. The van der Waals surface area contributed by atoms with Gasteiger partial charge in [0.25, 0.3) is 0 Å². The van der Waals surface area contributed by atoms with Crippen molar-refractivity contribution in [1.29, 1.82) is 0 Å². The molecule has 0 spiro atoms. The van der Waals surface area contributed by atoms with E-state index in [4.69, 9.17) is 11.6 Å². The maximum absolute atomic E-state index is 14.4. The van der Waals surface area contributed by atoms with Gasteiger partial charge in [-0.05, 0) is 37.1 Å². The Labute approximate surface area is 216 Å². The number of aliphatic hydroxyl groups is 1. The Balaban J connectivity index is 1.39. The Hall–Kier alpha value is -2.17. The van der Waals surface area contributed by atoms with Gasteiger partial charge in [-0.25, -0.2) is 14.4 Å². The zero-order valence-electron chi connectivity index (χ0n) is 20.9. The highest BCUT2D eigenvalue weighted by molar-refractivity contribution is 6.30. The molecular weight excluding hydrogens is 483 g/mol. The second-order valence-corrected chi connectivity index (χ2v) is 10.7. The zero-order chi connectivity index (χ0) is 25.4. The molecule has 0 radical (unpaired) electrons. The average Bonchev–Trinajstić information content (AvgIpc) is 3.18. The molecule has 36 heavy (non-hydrogen) atoms. The van der Waals surface area contributed by atoms with E-state index in [1.165, 1.54) is 12.1 Å². The first-order valence-corrected chi connectivity index (χ1v) is 13.1. The van der Waals surface area contributed by atoms with E-state index in [0.29, 0.717) is 12.0 Å². The van der Waals surface area contributed by atoms with E-state index >= 15 is 0 Å². The molecule has 2 saturated heterocycles. The van der Waals surface area contributed by atoms with E-state index < -0.39 is 17.8 Å². The van der Waals surface area contributed by atoms with Gasteiger partial charge in [0.05, 0.1) is 28.9 Å². The van der Waals surface area contributed by atoms with Crippen LogP contribution in [0.2, 0.25) is 5.02 Å². The lowest BCUT2D eigenvalue weighted by Crippen LogP contribution is -2.61. The molecule has 8 nitrogen and oxygen atoms in total. The second kappa shape index (κ2) is 10.7. The molecule has 2 aliphatic heterocycles. The van der Waals surface area contributed by atoms with Crippen molar-refractivity contribution in [2.24, 2.45) is 0 Å². The number of aromatic nitrogens is 2. The number of hydrogen-bond acceptors (Lipinski definition) is 8. The smallest absolute Gasteiger partial charge is 0.142 e. The largest absolute Gasteiger partial charge is 0.387 e. The normalized spacial score (nSPS) is 25.5. The molecule has 1 aromatic heterocycles. The van der Waals surface area contributed by atoms with Crippen LogP contribution in [0.3, 0.4) is 0 Å². The maximum Gasteiger partial charge on any atom is 0.142 e. The molecule has 0 saturated carbocycles. The number of fused-ring (bicyclic) bond motifs is 1. The molecule has 4 atom stereocenters. The van der Waals surface area contributed by atoms with E-state index in [1.54, 1.807) is 12.4 Å². The van der Waals surface area contributed by atoms with Crippen molar-refractivity contribution in [3.8, 4) is 0 Å². The highest BCUT2D eigenvalue weighted by Gasteiger charge is 2.38. The fraction of sp³-hybridized carbons (Fsp3) is 0.577. The van der Waals surface area contributed by atoms with Crippen molar-refractivity contribution < 1.29 is 14.3 Å². The fourth-order valence-electron chi connectivity index (χ4n) is 5.96. The predicted octanol–water partition coefficient (Wildman–Crippen LogP) is 2.49. The topological polar surface area (TPSA) is 76.0 Å². The lowest BCUT2D eigenvalue weighted by atomic mass is 9.94. The van der Waals surface area contributed by atoms with Gasteiger partial charge in [0.2, 0.25) is 0 Å². The number of benzene rings is 1. The van der Waals surface area contributed by atoms with Crippen LogP contribution in [-0.4, -0.2) is 102 Å². The van der Waals surface area contributed by atoms with Crippen LogP contribution < -0.4 is 4.90 Å². The monoisotopic (exact) mass is 516 g/mol. The first-order chi connectivity index (χ1) is 17.4. The molecule has 1 N–H and O–H groups in total.